The summed E-state index contributed by atoms with van der Waals surface area (Å²) in [5.41, 5.74) is 0.121. The van der Waals surface area contributed by atoms with Gasteiger partial charge >= 0.3 is 0 Å². The number of nitro groups is 1. The van der Waals surface area contributed by atoms with E-state index in [1.807, 2.05) is 0 Å². The first-order valence-corrected chi connectivity index (χ1v) is 6.93. The predicted molar refractivity (Wildman–Crippen MR) is 77.8 cm³/mol. The topological polar surface area (TPSA) is 103 Å². The van der Waals surface area contributed by atoms with E-state index in [0.29, 0.717) is 24.0 Å². The van der Waals surface area contributed by atoms with Gasteiger partial charge in [0, 0.05) is 30.9 Å². The predicted octanol–water partition coefficient (Wildman–Crippen LogP) is 1.77. The van der Waals surface area contributed by atoms with Crippen LogP contribution >= 0.6 is 15.9 Å². The molecule has 0 aliphatic heterocycles. The van der Waals surface area contributed by atoms with Crippen molar-refractivity contribution in [3.8, 4) is 0 Å². The quantitative estimate of drug-likeness (QED) is 0.484. The molecule has 8 nitrogen and oxygen atoms in total. The Labute approximate surface area is 128 Å². The highest BCUT2D eigenvalue weighted by Gasteiger charge is 2.15. The van der Waals surface area contributed by atoms with Crippen LogP contribution in [-0.4, -0.2) is 32.4 Å². The lowest BCUT2D eigenvalue weighted by Crippen LogP contribution is -2.25. The molecule has 1 amide bonds. The van der Waals surface area contributed by atoms with Gasteiger partial charge in [0.15, 0.2) is 0 Å². The van der Waals surface area contributed by atoms with Crippen LogP contribution in [0.1, 0.15) is 16.8 Å². The van der Waals surface area contributed by atoms with Crippen LogP contribution in [0.3, 0.4) is 0 Å². The van der Waals surface area contributed by atoms with Gasteiger partial charge in [-0.25, -0.2) is 0 Å². The second kappa shape index (κ2) is 6.93. The largest absolute Gasteiger partial charge is 0.352 e. The number of halogens is 1. The molecule has 0 bridgehead atoms. The fourth-order valence-corrected chi connectivity index (χ4v) is 2.08. The molecule has 0 unspecified atom stereocenters. The summed E-state index contributed by atoms with van der Waals surface area (Å²) in [6.45, 7) is 1.09. The molecule has 1 N–H and O–H groups in total. The number of rotatable bonds is 6. The number of hydrogen-bond donors (Lipinski definition) is 1. The van der Waals surface area contributed by atoms with Crippen LogP contribution in [0.2, 0.25) is 0 Å². The Kier molecular flexibility index (Phi) is 4.99. The molecule has 1 aromatic carbocycles. The van der Waals surface area contributed by atoms with Gasteiger partial charge < -0.3 is 5.32 Å². The van der Waals surface area contributed by atoms with Crippen molar-refractivity contribution in [2.75, 3.05) is 6.54 Å². The van der Waals surface area contributed by atoms with Gasteiger partial charge in [0.1, 0.15) is 0 Å². The molecular formula is C12H12BrN5O3. The Morgan fingerprint density at radius 3 is 2.95 bits per heavy atom. The highest BCUT2D eigenvalue weighted by molar-refractivity contribution is 9.10. The number of aromatic nitrogens is 3. The summed E-state index contributed by atoms with van der Waals surface area (Å²) in [7, 11) is 0. The molecule has 1 aromatic heterocycles. The van der Waals surface area contributed by atoms with Crippen LogP contribution in [0.25, 0.3) is 0 Å². The lowest BCUT2D eigenvalue weighted by Gasteiger charge is -2.05. The summed E-state index contributed by atoms with van der Waals surface area (Å²) in [6, 6.07) is 4.27. The van der Waals surface area contributed by atoms with E-state index in [1.165, 1.54) is 18.2 Å². The Morgan fingerprint density at radius 1 is 1.48 bits per heavy atom. The SMILES string of the molecule is O=C(NCCCn1ccnn1)c1ccc(Br)c([N+](=O)[O-])c1. The summed E-state index contributed by atoms with van der Waals surface area (Å²) in [4.78, 5) is 22.2. The maximum Gasteiger partial charge on any atom is 0.284 e. The van der Waals surface area contributed by atoms with Crippen molar-refractivity contribution in [3.63, 3.8) is 0 Å². The second-order valence-electron chi connectivity index (χ2n) is 4.20. The summed E-state index contributed by atoms with van der Waals surface area (Å²) >= 11 is 3.08. The molecule has 2 aromatic rings. The zero-order chi connectivity index (χ0) is 15.2. The minimum atomic E-state index is -0.536. The Balaban J connectivity index is 1.88. The van der Waals surface area contributed by atoms with Crippen LogP contribution in [0.15, 0.2) is 35.1 Å². The maximum absolute atomic E-state index is 11.9. The molecule has 0 saturated carbocycles. The number of hydrogen-bond acceptors (Lipinski definition) is 5. The van der Waals surface area contributed by atoms with Crippen LogP contribution in [-0.2, 0) is 6.54 Å². The summed E-state index contributed by atoms with van der Waals surface area (Å²) < 4.78 is 2.01. The normalized spacial score (nSPS) is 10.3. The zero-order valence-electron chi connectivity index (χ0n) is 10.9. The van der Waals surface area contributed by atoms with Crippen LogP contribution in [0.4, 0.5) is 5.69 Å². The average molecular weight is 354 g/mol. The Morgan fingerprint density at radius 2 is 2.29 bits per heavy atom. The number of carbonyl (C=O) groups excluding carboxylic acids is 1. The fraction of sp³-hybridized carbons (Fsp3) is 0.250. The van der Waals surface area contributed by atoms with E-state index in [-0.39, 0.29) is 17.2 Å². The number of aryl methyl sites for hydroxylation is 1. The standard InChI is InChI=1S/C12H12BrN5O3/c13-10-3-2-9(8-11(10)18(20)21)12(19)14-4-1-6-17-7-5-15-16-17/h2-3,5,7-8H,1,4,6H2,(H,14,19). The number of benzene rings is 1. The van der Waals surface area contributed by atoms with E-state index in [1.54, 1.807) is 17.1 Å². The van der Waals surface area contributed by atoms with E-state index in [4.69, 9.17) is 0 Å². The number of nitrogens with zero attached hydrogens (tertiary/aromatic N) is 4. The molecule has 2 rings (SSSR count). The Hall–Kier alpha value is -2.29. The molecule has 0 saturated heterocycles. The van der Waals surface area contributed by atoms with Crippen molar-refractivity contribution in [3.05, 3.63) is 50.7 Å². The van der Waals surface area contributed by atoms with E-state index in [9.17, 15) is 14.9 Å². The molecule has 1 heterocycles. The third-order valence-electron chi connectivity index (χ3n) is 2.73. The average Bonchev–Trinajstić information content (AvgIpc) is 2.96. The molecular weight excluding hydrogens is 342 g/mol. The van der Waals surface area contributed by atoms with Gasteiger partial charge in [-0.2, -0.15) is 0 Å². The van der Waals surface area contributed by atoms with Gasteiger partial charge in [0.2, 0.25) is 0 Å². The summed E-state index contributed by atoms with van der Waals surface area (Å²) in [5.74, 6) is -0.343. The summed E-state index contributed by atoms with van der Waals surface area (Å²) in [6.07, 6.45) is 4.01. The van der Waals surface area contributed by atoms with E-state index in [2.05, 4.69) is 31.6 Å². The first-order chi connectivity index (χ1) is 10.1. The van der Waals surface area contributed by atoms with Gasteiger partial charge in [0.25, 0.3) is 11.6 Å². The van der Waals surface area contributed by atoms with Crippen molar-refractivity contribution in [2.45, 2.75) is 13.0 Å². The third kappa shape index (κ3) is 4.09. The maximum atomic E-state index is 11.9. The number of carbonyl (C=O) groups is 1. The Bertz CT molecular complexity index is 644. The smallest absolute Gasteiger partial charge is 0.284 e. The first kappa shape index (κ1) is 15.1. The minimum Gasteiger partial charge on any atom is -0.352 e. The van der Waals surface area contributed by atoms with Crippen LogP contribution in [0.5, 0.6) is 0 Å². The molecule has 0 atom stereocenters. The van der Waals surface area contributed by atoms with Crippen molar-refractivity contribution in [1.29, 1.82) is 0 Å². The monoisotopic (exact) mass is 353 g/mol. The second-order valence-corrected chi connectivity index (χ2v) is 5.05. The van der Waals surface area contributed by atoms with Gasteiger partial charge in [-0.15, -0.1) is 5.10 Å². The van der Waals surface area contributed by atoms with Crippen molar-refractivity contribution < 1.29 is 9.72 Å². The highest BCUT2D eigenvalue weighted by Crippen LogP contribution is 2.25. The molecule has 0 fully saturated rings. The van der Waals surface area contributed by atoms with Crippen LogP contribution < -0.4 is 5.32 Å². The van der Waals surface area contributed by atoms with Gasteiger partial charge in [-0.3, -0.25) is 19.6 Å². The molecule has 110 valence electrons. The lowest BCUT2D eigenvalue weighted by atomic mass is 10.2. The number of nitro benzene ring substituents is 1. The zero-order valence-corrected chi connectivity index (χ0v) is 12.5. The highest BCUT2D eigenvalue weighted by atomic mass is 79.9. The molecule has 0 aliphatic carbocycles. The molecule has 9 heteroatoms. The fourth-order valence-electron chi connectivity index (χ4n) is 1.69. The van der Waals surface area contributed by atoms with Crippen molar-refractivity contribution in [1.82, 2.24) is 20.3 Å². The van der Waals surface area contributed by atoms with E-state index >= 15 is 0 Å². The minimum absolute atomic E-state index is 0.134. The first-order valence-electron chi connectivity index (χ1n) is 6.14. The molecule has 0 radical (unpaired) electrons. The third-order valence-corrected chi connectivity index (χ3v) is 3.40. The van der Waals surface area contributed by atoms with Gasteiger partial charge in [-0.05, 0) is 34.5 Å². The number of amides is 1. The van der Waals surface area contributed by atoms with E-state index < -0.39 is 4.92 Å². The molecule has 21 heavy (non-hydrogen) atoms. The van der Waals surface area contributed by atoms with Crippen molar-refractivity contribution >= 4 is 27.5 Å². The van der Waals surface area contributed by atoms with Crippen molar-refractivity contribution in [2.24, 2.45) is 0 Å². The molecule has 0 aliphatic rings. The lowest BCUT2D eigenvalue weighted by molar-refractivity contribution is -0.385. The summed E-state index contributed by atoms with van der Waals surface area (Å²) in [5, 5.41) is 21.0. The number of nitrogens with one attached hydrogen (secondary N) is 1. The van der Waals surface area contributed by atoms with Gasteiger partial charge in [0.05, 0.1) is 15.6 Å². The van der Waals surface area contributed by atoms with Crippen LogP contribution in [0, 0.1) is 10.1 Å². The molecule has 0 spiro atoms. The van der Waals surface area contributed by atoms with Gasteiger partial charge in [-0.1, -0.05) is 5.21 Å². The van der Waals surface area contributed by atoms with E-state index in [0.717, 1.165) is 0 Å².